The number of aryl methyl sites for hydroxylation is 1. The van der Waals surface area contributed by atoms with Crippen LogP contribution in [0.15, 0.2) is 23.1 Å². The van der Waals surface area contributed by atoms with Crippen molar-refractivity contribution < 1.29 is 16.8 Å². The molecule has 1 aromatic carbocycles. The van der Waals surface area contributed by atoms with Gasteiger partial charge in [-0.3, -0.25) is 0 Å². The maximum atomic E-state index is 12.8. The van der Waals surface area contributed by atoms with E-state index in [1.165, 1.54) is 10.4 Å². The van der Waals surface area contributed by atoms with Crippen LogP contribution in [-0.4, -0.2) is 45.2 Å². The van der Waals surface area contributed by atoms with Crippen molar-refractivity contribution in [1.29, 1.82) is 0 Å². The van der Waals surface area contributed by atoms with Crippen molar-refractivity contribution in [1.82, 2.24) is 4.31 Å². The standard InChI is InChI=1S/C13H20N2O4S2/c1-3-15(12-6-7-20(16,17)9-12)21(18,19)13-8-11(14)5-4-10(13)2/h4-5,8,12H,3,6-7,9,14H2,1-2H3. The molecule has 1 unspecified atom stereocenters. The van der Waals surface area contributed by atoms with Gasteiger partial charge in [-0.15, -0.1) is 0 Å². The van der Waals surface area contributed by atoms with Crippen LogP contribution in [0.1, 0.15) is 18.9 Å². The summed E-state index contributed by atoms with van der Waals surface area (Å²) in [7, 11) is -6.89. The maximum Gasteiger partial charge on any atom is 0.243 e. The summed E-state index contributed by atoms with van der Waals surface area (Å²) in [4.78, 5) is 0.147. The van der Waals surface area contributed by atoms with Crippen LogP contribution in [0.4, 0.5) is 5.69 Å². The molecule has 1 aliphatic heterocycles. The van der Waals surface area contributed by atoms with Crippen LogP contribution >= 0.6 is 0 Å². The molecule has 1 atom stereocenters. The van der Waals surface area contributed by atoms with Crippen molar-refractivity contribution in [3.05, 3.63) is 23.8 Å². The van der Waals surface area contributed by atoms with E-state index in [1.807, 2.05) is 0 Å². The molecule has 1 heterocycles. The molecule has 6 nitrogen and oxygen atoms in total. The van der Waals surface area contributed by atoms with E-state index in [1.54, 1.807) is 26.0 Å². The second-order valence-electron chi connectivity index (χ2n) is 5.29. The van der Waals surface area contributed by atoms with Gasteiger partial charge in [0.05, 0.1) is 16.4 Å². The minimum absolute atomic E-state index is 0.0413. The summed E-state index contributed by atoms with van der Waals surface area (Å²) in [5.74, 6) is -0.0684. The molecule has 0 aromatic heterocycles. The Labute approximate surface area is 125 Å². The number of nitrogens with two attached hydrogens (primary N) is 1. The van der Waals surface area contributed by atoms with Crippen LogP contribution in [0.5, 0.6) is 0 Å². The van der Waals surface area contributed by atoms with Crippen molar-refractivity contribution in [2.75, 3.05) is 23.8 Å². The highest BCUT2D eigenvalue weighted by molar-refractivity contribution is 7.92. The van der Waals surface area contributed by atoms with Gasteiger partial charge in [-0.05, 0) is 31.0 Å². The van der Waals surface area contributed by atoms with E-state index >= 15 is 0 Å². The zero-order chi connectivity index (χ0) is 15.8. The number of hydrogen-bond donors (Lipinski definition) is 1. The molecule has 0 bridgehead atoms. The Hall–Kier alpha value is -1.12. The Morgan fingerprint density at radius 2 is 2.05 bits per heavy atom. The molecule has 0 amide bonds. The number of hydrogen-bond acceptors (Lipinski definition) is 5. The molecule has 0 radical (unpaired) electrons. The molecule has 0 spiro atoms. The predicted molar refractivity (Wildman–Crippen MR) is 82.2 cm³/mol. The zero-order valence-electron chi connectivity index (χ0n) is 12.1. The first-order chi connectivity index (χ1) is 9.67. The number of rotatable bonds is 4. The summed E-state index contributed by atoms with van der Waals surface area (Å²) in [6.45, 7) is 3.65. The average Bonchev–Trinajstić information content (AvgIpc) is 2.73. The lowest BCUT2D eigenvalue weighted by molar-refractivity contribution is 0.354. The van der Waals surface area contributed by atoms with Gasteiger partial charge in [0, 0.05) is 18.3 Å². The van der Waals surface area contributed by atoms with Crippen LogP contribution in [-0.2, 0) is 19.9 Å². The quantitative estimate of drug-likeness (QED) is 0.822. The third-order valence-electron chi connectivity index (χ3n) is 3.73. The number of nitrogen functional groups attached to an aromatic ring is 1. The maximum absolute atomic E-state index is 12.8. The molecular formula is C13H20N2O4S2. The topological polar surface area (TPSA) is 97.5 Å². The van der Waals surface area contributed by atoms with Gasteiger partial charge in [0.1, 0.15) is 0 Å². The lowest BCUT2D eigenvalue weighted by atomic mass is 10.2. The molecule has 0 saturated carbocycles. The zero-order valence-corrected chi connectivity index (χ0v) is 13.7. The van der Waals surface area contributed by atoms with Crippen molar-refractivity contribution in [3.63, 3.8) is 0 Å². The van der Waals surface area contributed by atoms with Crippen LogP contribution in [0.2, 0.25) is 0 Å². The summed E-state index contributed by atoms with van der Waals surface area (Å²) in [6.07, 6.45) is 0.344. The summed E-state index contributed by atoms with van der Waals surface area (Å²) in [5, 5.41) is 0. The molecule has 1 fully saturated rings. The first kappa shape index (κ1) is 16.3. The smallest absolute Gasteiger partial charge is 0.243 e. The number of sulfonamides is 1. The monoisotopic (exact) mass is 332 g/mol. The summed E-state index contributed by atoms with van der Waals surface area (Å²) in [5.41, 5.74) is 6.65. The molecule has 1 saturated heterocycles. The van der Waals surface area contributed by atoms with E-state index < -0.39 is 25.9 Å². The number of anilines is 1. The van der Waals surface area contributed by atoms with Crippen molar-refractivity contribution in [2.24, 2.45) is 0 Å². The van der Waals surface area contributed by atoms with Gasteiger partial charge in [-0.2, -0.15) is 4.31 Å². The lowest BCUT2D eigenvalue weighted by Crippen LogP contribution is -2.41. The fourth-order valence-electron chi connectivity index (χ4n) is 2.65. The van der Waals surface area contributed by atoms with Crippen molar-refractivity contribution in [3.8, 4) is 0 Å². The number of benzene rings is 1. The fourth-order valence-corrected chi connectivity index (χ4v) is 6.40. The largest absolute Gasteiger partial charge is 0.399 e. The van der Waals surface area contributed by atoms with Gasteiger partial charge in [-0.25, -0.2) is 16.8 Å². The fraction of sp³-hybridized carbons (Fsp3) is 0.538. The number of nitrogens with zero attached hydrogens (tertiary/aromatic N) is 1. The number of sulfone groups is 1. The Kier molecular flexibility index (Phi) is 4.32. The minimum Gasteiger partial charge on any atom is -0.399 e. The minimum atomic E-state index is -3.75. The van der Waals surface area contributed by atoms with E-state index in [0.717, 1.165) is 0 Å². The first-order valence-corrected chi connectivity index (χ1v) is 10.0. The molecule has 21 heavy (non-hydrogen) atoms. The highest BCUT2D eigenvalue weighted by Crippen LogP contribution is 2.27. The first-order valence-electron chi connectivity index (χ1n) is 6.76. The second kappa shape index (κ2) is 5.58. The normalized spacial score (nSPS) is 21.8. The highest BCUT2D eigenvalue weighted by atomic mass is 32.2. The molecule has 1 aliphatic rings. The van der Waals surface area contributed by atoms with Crippen LogP contribution < -0.4 is 5.73 Å². The molecular weight excluding hydrogens is 312 g/mol. The van der Waals surface area contributed by atoms with Gasteiger partial charge in [0.2, 0.25) is 10.0 Å². The Bertz CT molecular complexity index is 741. The lowest BCUT2D eigenvalue weighted by Gasteiger charge is -2.26. The van der Waals surface area contributed by atoms with Gasteiger partial charge in [0.25, 0.3) is 0 Å². The highest BCUT2D eigenvalue weighted by Gasteiger charge is 2.38. The summed E-state index contributed by atoms with van der Waals surface area (Å²) < 4.78 is 50.1. The van der Waals surface area contributed by atoms with E-state index in [9.17, 15) is 16.8 Å². The molecule has 118 valence electrons. The molecule has 0 aliphatic carbocycles. The third-order valence-corrected chi connectivity index (χ3v) is 7.65. The Balaban J connectivity index is 2.43. The van der Waals surface area contributed by atoms with Gasteiger partial charge >= 0.3 is 0 Å². The molecule has 2 rings (SSSR count). The van der Waals surface area contributed by atoms with E-state index in [-0.39, 0.29) is 22.9 Å². The SMILES string of the molecule is CCN(C1CCS(=O)(=O)C1)S(=O)(=O)c1cc(N)ccc1C. The van der Waals surface area contributed by atoms with Crippen molar-refractivity contribution in [2.45, 2.75) is 31.2 Å². The van der Waals surface area contributed by atoms with Crippen LogP contribution in [0.25, 0.3) is 0 Å². The summed E-state index contributed by atoms with van der Waals surface area (Å²) >= 11 is 0. The van der Waals surface area contributed by atoms with E-state index in [0.29, 0.717) is 17.7 Å². The van der Waals surface area contributed by atoms with Crippen LogP contribution in [0.3, 0.4) is 0 Å². The van der Waals surface area contributed by atoms with E-state index in [4.69, 9.17) is 5.73 Å². The van der Waals surface area contributed by atoms with E-state index in [2.05, 4.69) is 0 Å². The molecule has 2 N–H and O–H groups in total. The van der Waals surface area contributed by atoms with Crippen LogP contribution in [0, 0.1) is 6.92 Å². The summed E-state index contributed by atoms with van der Waals surface area (Å²) in [6, 6.07) is 4.23. The van der Waals surface area contributed by atoms with Gasteiger partial charge in [-0.1, -0.05) is 13.0 Å². The molecule has 1 aromatic rings. The Morgan fingerprint density at radius 3 is 2.57 bits per heavy atom. The predicted octanol–water partition coefficient (Wildman–Crippen LogP) is 0.775. The molecule has 8 heteroatoms. The van der Waals surface area contributed by atoms with Gasteiger partial charge < -0.3 is 5.73 Å². The van der Waals surface area contributed by atoms with Crippen molar-refractivity contribution >= 4 is 25.5 Å². The average molecular weight is 332 g/mol. The Morgan fingerprint density at radius 1 is 1.38 bits per heavy atom. The third kappa shape index (κ3) is 3.22. The van der Waals surface area contributed by atoms with Gasteiger partial charge in [0.15, 0.2) is 9.84 Å². The second-order valence-corrected chi connectivity index (χ2v) is 9.38.